The number of amides is 1. The van der Waals surface area contributed by atoms with E-state index in [0.29, 0.717) is 10.7 Å². The van der Waals surface area contributed by atoms with Crippen molar-refractivity contribution in [3.8, 4) is 0 Å². The standard InChI is InChI=1S/C17H14N2OS/c1-13-7-5-6-10-15(13)16(20)19(17-18-11-12-21-17)14-8-3-2-4-9-14/h2-12H,1H3. The second kappa shape index (κ2) is 5.89. The van der Waals surface area contributed by atoms with Gasteiger partial charge in [0.05, 0.1) is 5.69 Å². The van der Waals surface area contributed by atoms with Crippen molar-refractivity contribution >= 4 is 28.1 Å². The summed E-state index contributed by atoms with van der Waals surface area (Å²) in [5.41, 5.74) is 2.47. The van der Waals surface area contributed by atoms with Crippen LogP contribution in [0.25, 0.3) is 0 Å². The van der Waals surface area contributed by atoms with Crippen molar-refractivity contribution in [1.82, 2.24) is 4.98 Å². The Hall–Kier alpha value is -2.46. The fourth-order valence-corrected chi connectivity index (χ4v) is 2.81. The molecule has 3 rings (SSSR count). The van der Waals surface area contributed by atoms with E-state index in [2.05, 4.69) is 4.98 Å². The smallest absolute Gasteiger partial charge is 0.264 e. The largest absolute Gasteiger partial charge is 0.268 e. The van der Waals surface area contributed by atoms with Crippen molar-refractivity contribution in [2.24, 2.45) is 0 Å². The van der Waals surface area contributed by atoms with Gasteiger partial charge in [0.2, 0.25) is 0 Å². The van der Waals surface area contributed by atoms with Gasteiger partial charge in [-0.3, -0.25) is 9.69 Å². The lowest BCUT2D eigenvalue weighted by atomic mass is 10.1. The lowest BCUT2D eigenvalue weighted by Gasteiger charge is -2.20. The van der Waals surface area contributed by atoms with E-state index < -0.39 is 0 Å². The molecule has 1 heterocycles. The summed E-state index contributed by atoms with van der Waals surface area (Å²) in [4.78, 5) is 18.9. The van der Waals surface area contributed by atoms with E-state index in [9.17, 15) is 4.79 Å². The van der Waals surface area contributed by atoms with Gasteiger partial charge in [-0.25, -0.2) is 4.98 Å². The van der Waals surface area contributed by atoms with E-state index in [1.165, 1.54) is 11.3 Å². The first kappa shape index (κ1) is 13.5. The molecule has 4 heteroatoms. The van der Waals surface area contributed by atoms with Crippen LogP contribution in [-0.2, 0) is 0 Å². The molecule has 0 spiro atoms. The summed E-state index contributed by atoms with van der Waals surface area (Å²) in [7, 11) is 0. The number of nitrogens with zero attached hydrogens (tertiary/aromatic N) is 2. The van der Waals surface area contributed by atoms with Crippen molar-refractivity contribution in [1.29, 1.82) is 0 Å². The van der Waals surface area contributed by atoms with E-state index in [1.807, 2.05) is 66.9 Å². The molecule has 3 aromatic rings. The van der Waals surface area contributed by atoms with Gasteiger partial charge in [-0.05, 0) is 30.7 Å². The fourth-order valence-electron chi connectivity index (χ4n) is 2.15. The first-order valence-corrected chi connectivity index (χ1v) is 7.50. The number of hydrogen-bond donors (Lipinski definition) is 0. The van der Waals surface area contributed by atoms with E-state index in [4.69, 9.17) is 0 Å². The summed E-state index contributed by atoms with van der Waals surface area (Å²) < 4.78 is 0. The summed E-state index contributed by atoms with van der Waals surface area (Å²) in [6, 6.07) is 17.2. The molecule has 0 saturated heterocycles. The average molecular weight is 294 g/mol. The zero-order valence-corrected chi connectivity index (χ0v) is 12.4. The van der Waals surface area contributed by atoms with Gasteiger partial charge in [-0.2, -0.15) is 0 Å². The number of aromatic nitrogens is 1. The predicted octanol–water partition coefficient (Wildman–Crippen LogP) is 4.43. The Morgan fingerprint density at radius 2 is 1.76 bits per heavy atom. The number of hydrogen-bond acceptors (Lipinski definition) is 3. The molecule has 0 fully saturated rings. The van der Waals surface area contributed by atoms with Gasteiger partial charge in [-0.15, -0.1) is 11.3 Å². The molecular formula is C17H14N2OS. The molecule has 2 aromatic carbocycles. The van der Waals surface area contributed by atoms with Crippen molar-refractivity contribution < 1.29 is 4.79 Å². The highest BCUT2D eigenvalue weighted by Gasteiger charge is 2.22. The van der Waals surface area contributed by atoms with Gasteiger partial charge >= 0.3 is 0 Å². The number of rotatable bonds is 3. The van der Waals surface area contributed by atoms with E-state index in [-0.39, 0.29) is 5.91 Å². The molecule has 0 radical (unpaired) electrons. The van der Waals surface area contributed by atoms with Crippen LogP contribution in [0.4, 0.5) is 10.8 Å². The Kier molecular flexibility index (Phi) is 3.79. The Morgan fingerprint density at radius 1 is 1.05 bits per heavy atom. The van der Waals surface area contributed by atoms with E-state index >= 15 is 0 Å². The van der Waals surface area contributed by atoms with Crippen molar-refractivity contribution in [3.05, 3.63) is 77.3 Å². The Bertz CT molecular complexity index is 739. The number of carbonyl (C=O) groups excluding carboxylic acids is 1. The molecule has 0 aliphatic rings. The molecule has 0 saturated carbocycles. The van der Waals surface area contributed by atoms with Crippen molar-refractivity contribution in [2.75, 3.05) is 4.90 Å². The highest BCUT2D eigenvalue weighted by atomic mass is 32.1. The third-order valence-electron chi connectivity index (χ3n) is 3.20. The molecule has 21 heavy (non-hydrogen) atoms. The van der Waals surface area contributed by atoms with Gasteiger partial charge in [0, 0.05) is 17.1 Å². The highest BCUT2D eigenvalue weighted by Crippen LogP contribution is 2.29. The van der Waals surface area contributed by atoms with Gasteiger partial charge in [0.25, 0.3) is 5.91 Å². The second-order valence-corrected chi connectivity index (χ2v) is 5.48. The van der Waals surface area contributed by atoms with Crippen LogP contribution >= 0.6 is 11.3 Å². The maximum atomic E-state index is 13.0. The number of thiazole rings is 1. The monoisotopic (exact) mass is 294 g/mol. The molecular weight excluding hydrogens is 280 g/mol. The van der Waals surface area contributed by atoms with Gasteiger partial charge in [0.1, 0.15) is 0 Å². The molecule has 3 nitrogen and oxygen atoms in total. The number of carbonyl (C=O) groups is 1. The molecule has 1 amide bonds. The highest BCUT2D eigenvalue weighted by molar-refractivity contribution is 7.13. The molecule has 0 bridgehead atoms. The number of benzene rings is 2. The first-order valence-electron chi connectivity index (χ1n) is 6.62. The minimum Gasteiger partial charge on any atom is -0.268 e. The second-order valence-electron chi connectivity index (χ2n) is 4.61. The normalized spacial score (nSPS) is 10.3. The Morgan fingerprint density at radius 3 is 2.43 bits per heavy atom. The predicted molar refractivity (Wildman–Crippen MR) is 86.2 cm³/mol. The Balaban J connectivity index is 2.09. The maximum Gasteiger partial charge on any atom is 0.264 e. The molecule has 1 aromatic heterocycles. The molecule has 104 valence electrons. The van der Waals surface area contributed by atoms with Gasteiger partial charge in [0.15, 0.2) is 5.13 Å². The quantitative estimate of drug-likeness (QED) is 0.716. The zero-order chi connectivity index (χ0) is 14.7. The summed E-state index contributed by atoms with van der Waals surface area (Å²) in [6.07, 6.45) is 1.71. The molecule has 0 aliphatic carbocycles. The Labute approximate surface area is 127 Å². The number of para-hydroxylation sites is 1. The fraction of sp³-hybridized carbons (Fsp3) is 0.0588. The minimum atomic E-state index is -0.0609. The molecule has 0 unspecified atom stereocenters. The van der Waals surface area contributed by atoms with Crippen LogP contribution < -0.4 is 4.90 Å². The van der Waals surface area contributed by atoms with Gasteiger partial charge < -0.3 is 0 Å². The molecule has 0 atom stereocenters. The van der Waals surface area contributed by atoms with Crippen LogP contribution in [0.2, 0.25) is 0 Å². The summed E-state index contributed by atoms with van der Waals surface area (Å²) in [6.45, 7) is 1.94. The third kappa shape index (κ3) is 2.71. The van der Waals surface area contributed by atoms with Gasteiger partial charge in [-0.1, -0.05) is 36.4 Å². The van der Waals surface area contributed by atoms with Crippen LogP contribution in [0.3, 0.4) is 0 Å². The van der Waals surface area contributed by atoms with Crippen LogP contribution in [-0.4, -0.2) is 10.9 Å². The minimum absolute atomic E-state index is 0.0609. The summed E-state index contributed by atoms with van der Waals surface area (Å²) in [5.74, 6) is -0.0609. The topological polar surface area (TPSA) is 33.2 Å². The van der Waals surface area contributed by atoms with Crippen LogP contribution in [0.5, 0.6) is 0 Å². The van der Waals surface area contributed by atoms with E-state index in [0.717, 1.165) is 11.3 Å². The SMILES string of the molecule is Cc1ccccc1C(=O)N(c1ccccc1)c1nccs1. The van der Waals surface area contributed by atoms with Crippen molar-refractivity contribution in [3.63, 3.8) is 0 Å². The third-order valence-corrected chi connectivity index (χ3v) is 3.96. The maximum absolute atomic E-state index is 13.0. The first-order chi connectivity index (χ1) is 10.3. The zero-order valence-electron chi connectivity index (χ0n) is 11.6. The summed E-state index contributed by atoms with van der Waals surface area (Å²) >= 11 is 1.45. The summed E-state index contributed by atoms with van der Waals surface area (Å²) in [5, 5.41) is 2.55. The molecule has 0 N–H and O–H groups in total. The number of aryl methyl sites for hydroxylation is 1. The van der Waals surface area contributed by atoms with E-state index in [1.54, 1.807) is 11.1 Å². The number of anilines is 2. The van der Waals surface area contributed by atoms with Crippen molar-refractivity contribution in [2.45, 2.75) is 6.92 Å². The van der Waals surface area contributed by atoms with Crippen LogP contribution in [0.15, 0.2) is 66.2 Å². The van der Waals surface area contributed by atoms with Crippen LogP contribution in [0.1, 0.15) is 15.9 Å². The molecule has 0 aliphatic heterocycles. The van der Waals surface area contributed by atoms with Crippen LogP contribution in [0, 0.1) is 6.92 Å². The lowest BCUT2D eigenvalue weighted by molar-refractivity contribution is 0.0998. The average Bonchev–Trinajstić information content (AvgIpc) is 3.03. The lowest BCUT2D eigenvalue weighted by Crippen LogP contribution is -2.26.